The van der Waals surface area contributed by atoms with Gasteiger partial charge in [-0.1, -0.05) is 0 Å². The van der Waals surface area contributed by atoms with E-state index in [0.29, 0.717) is 24.8 Å². The van der Waals surface area contributed by atoms with Crippen LogP contribution in [0.5, 0.6) is 0 Å². The third kappa shape index (κ3) is 3.21. The fraction of sp³-hybridized carbons (Fsp3) is 0.769. The van der Waals surface area contributed by atoms with Crippen LogP contribution in [0.4, 0.5) is 0 Å². The van der Waals surface area contributed by atoms with Crippen LogP contribution < -0.4 is 0 Å². The number of aromatic nitrogens is 2. The van der Waals surface area contributed by atoms with Crippen LogP contribution in [0.3, 0.4) is 0 Å². The quantitative estimate of drug-likeness (QED) is 0.783. The summed E-state index contributed by atoms with van der Waals surface area (Å²) in [6.07, 6.45) is 3.96. The van der Waals surface area contributed by atoms with Gasteiger partial charge in [-0.3, -0.25) is 9.58 Å². The molecule has 0 aromatic carbocycles. The van der Waals surface area contributed by atoms with Crippen molar-refractivity contribution < 1.29 is 8.42 Å². The van der Waals surface area contributed by atoms with Crippen LogP contribution >= 0.6 is 0 Å². The normalized spacial score (nSPS) is 22.2. The molecule has 6 nitrogen and oxygen atoms in total. The van der Waals surface area contributed by atoms with E-state index in [2.05, 4.69) is 10.00 Å². The second kappa shape index (κ2) is 5.46. The predicted octanol–water partition coefficient (Wildman–Crippen LogP) is 0.278. The molecule has 0 N–H and O–H groups in total. The lowest BCUT2D eigenvalue weighted by Gasteiger charge is -2.33. The molecule has 2 aliphatic rings. The molecule has 0 radical (unpaired) electrons. The summed E-state index contributed by atoms with van der Waals surface area (Å²) < 4.78 is 28.0. The zero-order chi connectivity index (χ0) is 14.2. The Labute approximate surface area is 120 Å². The molecule has 1 saturated carbocycles. The van der Waals surface area contributed by atoms with Gasteiger partial charge in [0.05, 0.1) is 11.4 Å². The molecule has 7 heteroatoms. The zero-order valence-corrected chi connectivity index (χ0v) is 12.7. The van der Waals surface area contributed by atoms with E-state index in [1.807, 2.05) is 17.8 Å². The van der Waals surface area contributed by atoms with Gasteiger partial charge in [0.1, 0.15) is 0 Å². The Balaban J connectivity index is 1.52. The average Bonchev–Trinajstić information content (AvgIpc) is 3.12. The monoisotopic (exact) mass is 298 g/mol. The molecule has 112 valence electrons. The molecule has 1 aliphatic heterocycles. The second-order valence-corrected chi connectivity index (χ2v) is 7.86. The molecule has 1 aliphatic carbocycles. The Bertz CT molecular complexity index is 557. The summed E-state index contributed by atoms with van der Waals surface area (Å²) in [4.78, 5) is 2.29. The Hall–Kier alpha value is -0.920. The molecular formula is C13H22N4O2S. The van der Waals surface area contributed by atoms with Gasteiger partial charge >= 0.3 is 0 Å². The standard InChI is InChI=1S/C13H22N4O2S/c1-15-13(4-5-14-15)10-16-6-8-17(9-7-16)20(18,19)11-12-2-3-12/h4-5,12H,2-3,6-11H2,1H3. The van der Waals surface area contributed by atoms with Crippen molar-refractivity contribution in [2.75, 3.05) is 31.9 Å². The Morgan fingerprint density at radius 3 is 2.50 bits per heavy atom. The van der Waals surface area contributed by atoms with E-state index < -0.39 is 10.0 Å². The van der Waals surface area contributed by atoms with E-state index in [0.717, 1.165) is 32.5 Å². The maximum Gasteiger partial charge on any atom is 0.214 e. The topological polar surface area (TPSA) is 58.4 Å². The molecule has 0 atom stereocenters. The summed E-state index contributed by atoms with van der Waals surface area (Å²) in [5.74, 6) is 0.779. The molecule has 3 rings (SSSR count). The highest BCUT2D eigenvalue weighted by atomic mass is 32.2. The van der Waals surface area contributed by atoms with Crippen molar-refractivity contribution >= 4 is 10.0 Å². The minimum atomic E-state index is -3.02. The van der Waals surface area contributed by atoms with Gasteiger partial charge in [0.2, 0.25) is 10.0 Å². The molecule has 0 bridgehead atoms. The van der Waals surface area contributed by atoms with Crippen molar-refractivity contribution in [3.05, 3.63) is 18.0 Å². The molecule has 2 heterocycles. The number of hydrogen-bond acceptors (Lipinski definition) is 4. The van der Waals surface area contributed by atoms with E-state index in [4.69, 9.17) is 0 Å². The van der Waals surface area contributed by atoms with Gasteiger partial charge in [0.15, 0.2) is 0 Å². The lowest BCUT2D eigenvalue weighted by Crippen LogP contribution is -2.49. The van der Waals surface area contributed by atoms with E-state index in [-0.39, 0.29) is 0 Å². The zero-order valence-electron chi connectivity index (χ0n) is 11.9. The summed E-state index contributed by atoms with van der Waals surface area (Å²) in [7, 11) is -1.09. The summed E-state index contributed by atoms with van der Waals surface area (Å²) in [5.41, 5.74) is 1.17. The van der Waals surface area contributed by atoms with Crippen LogP contribution in [0.1, 0.15) is 18.5 Å². The molecule has 1 saturated heterocycles. The van der Waals surface area contributed by atoms with Gasteiger partial charge in [0.25, 0.3) is 0 Å². The van der Waals surface area contributed by atoms with Gasteiger partial charge in [-0.2, -0.15) is 9.40 Å². The van der Waals surface area contributed by atoms with Crippen LogP contribution in [0.25, 0.3) is 0 Å². The second-order valence-electron chi connectivity index (χ2n) is 5.84. The lowest BCUT2D eigenvalue weighted by molar-refractivity contribution is 0.178. The molecule has 1 aromatic heterocycles. The molecular weight excluding hydrogens is 276 g/mol. The number of nitrogens with zero attached hydrogens (tertiary/aromatic N) is 4. The van der Waals surface area contributed by atoms with Gasteiger partial charge in [-0.25, -0.2) is 8.42 Å². The van der Waals surface area contributed by atoms with Crippen LogP contribution in [-0.4, -0.2) is 59.3 Å². The minimum Gasteiger partial charge on any atom is -0.295 e. The number of rotatable bonds is 5. The first-order valence-corrected chi connectivity index (χ1v) is 8.82. The van der Waals surface area contributed by atoms with Crippen LogP contribution in [0.2, 0.25) is 0 Å². The Morgan fingerprint density at radius 1 is 1.25 bits per heavy atom. The predicted molar refractivity (Wildman–Crippen MR) is 76.6 cm³/mol. The maximum absolute atomic E-state index is 12.2. The van der Waals surface area contributed by atoms with Crippen molar-refractivity contribution in [3.63, 3.8) is 0 Å². The smallest absolute Gasteiger partial charge is 0.214 e. The van der Waals surface area contributed by atoms with Gasteiger partial charge < -0.3 is 0 Å². The van der Waals surface area contributed by atoms with Crippen LogP contribution in [-0.2, 0) is 23.6 Å². The molecule has 20 heavy (non-hydrogen) atoms. The summed E-state index contributed by atoms with van der Waals surface area (Å²) >= 11 is 0. The molecule has 0 spiro atoms. The first-order chi connectivity index (χ1) is 9.54. The van der Waals surface area contributed by atoms with E-state index in [1.54, 1.807) is 10.5 Å². The number of sulfonamides is 1. The van der Waals surface area contributed by atoms with Crippen molar-refractivity contribution in [2.24, 2.45) is 13.0 Å². The van der Waals surface area contributed by atoms with Crippen molar-refractivity contribution in [3.8, 4) is 0 Å². The fourth-order valence-electron chi connectivity index (χ4n) is 2.64. The average molecular weight is 298 g/mol. The minimum absolute atomic E-state index is 0.356. The van der Waals surface area contributed by atoms with E-state index >= 15 is 0 Å². The molecule has 0 unspecified atom stereocenters. The van der Waals surface area contributed by atoms with Crippen molar-refractivity contribution in [2.45, 2.75) is 19.4 Å². The lowest BCUT2D eigenvalue weighted by atomic mass is 10.3. The number of hydrogen-bond donors (Lipinski definition) is 0. The number of aryl methyl sites for hydroxylation is 1. The Morgan fingerprint density at radius 2 is 1.95 bits per heavy atom. The fourth-order valence-corrected chi connectivity index (χ4v) is 4.50. The highest BCUT2D eigenvalue weighted by Gasteiger charge is 2.33. The van der Waals surface area contributed by atoms with Crippen molar-refractivity contribution in [1.82, 2.24) is 19.0 Å². The van der Waals surface area contributed by atoms with E-state index in [9.17, 15) is 8.42 Å². The largest absolute Gasteiger partial charge is 0.295 e. The SMILES string of the molecule is Cn1nccc1CN1CCN(S(=O)(=O)CC2CC2)CC1. The summed E-state index contributed by atoms with van der Waals surface area (Å²) in [6, 6.07) is 2.01. The summed E-state index contributed by atoms with van der Waals surface area (Å²) in [5, 5.41) is 4.16. The van der Waals surface area contributed by atoms with Gasteiger partial charge in [-0.05, 0) is 24.8 Å². The number of piperazine rings is 1. The highest BCUT2D eigenvalue weighted by Crippen LogP contribution is 2.31. The Kier molecular flexibility index (Phi) is 3.83. The first kappa shape index (κ1) is 14.0. The molecule has 2 fully saturated rings. The first-order valence-electron chi connectivity index (χ1n) is 7.22. The maximum atomic E-state index is 12.2. The van der Waals surface area contributed by atoms with Gasteiger partial charge in [0, 0.05) is 46.0 Å². The third-order valence-corrected chi connectivity index (χ3v) is 6.22. The van der Waals surface area contributed by atoms with Gasteiger partial charge in [-0.15, -0.1) is 0 Å². The van der Waals surface area contributed by atoms with Crippen LogP contribution in [0, 0.1) is 5.92 Å². The molecule has 0 amide bonds. The van der Waals surface area contributed by atoms with Crippen LogP contribution in [0.15, 0.2) is 12.3 Å². The highest BCUT2D eigenvalue weighted by molar-refractivity contribution is 7.89. The third-order valence-electron chi connectivity index (χ3n) is 4.18. The summed E-state index contributed by atoms with van der Waals surface area (Å²) in [6.45, 7) is 3.68. The van der Waals surface area contributed by atoms with E-state index in [1.165, 1.54) is 5.69 Å². The molecule has 1 aromatic rings. The van der Waals surface area contributed by atoms with Crippen molar-refractivity contribution in [1.29, 1.82) is 0 Å².